The number of hydrogen-bond acceptors (Lipinski definition) is 3. The lowest BCUT2D eigenvalue weighted by molar-refractivity contribution is 0.375. The third-order valence-electron chi connectivity index (χ3n) is 2.96. The minimum Gasteiger partial charge on any atom is -0.360 e. The van der Waals surface area contributed by atoms with Gasteiger partial charge in [-0.05, 0) is 17.5 Å². The summed E-state index contributed by atoms with van der Waals surface area (Å²) >= 11 is 1.79. The lowest BCUT2D eigenvalue weighted by Crippen LogP contribution is -2.52. The number of anilines is 1. The molecule has 0 atom stereocenters. The highest BCUT2D eigenvalue weighted by atomic mass is 127. The molecule has 0 unspecified atom stereocenters. The molecule has 19 heavy (non-hydrogen) atoms. The Hall–Kier alpha value is -0.940. The van der Waals surface area contributed by atoms with E-state index >= 15 is 0 Å². The molecule has 0 radical (unpaired) electrons. The van der Waals surface area contributed by atoms with Gasteiger partial charge in [0.1, 0.15) is 0 Å². The van der Waals surface area contributed by atoms with Crippen molar-refractivity contribution in [3.8, 4) is 12.3 Å². The highest BCUT2D eigenvalue weighted by Gasteiger charge is 2.19. The lowest BCUT2D eigenvalue weighted by atomic mass is 10.3. The third-order valence-corrected chi connectivity index (χ3v) is 3.89. The van der Waals surface area contributed by atoms with Crippen LogP contribution in [0.2, 0.25) is 0 Å². The van der Waals surface area contributed by atoms with Crippen molar-refractivity contribution in [3.63, 3.8) is 0 Å². The summed E-state index contributed by atoms with van der Waals surface area (Å²) in [6.07, 6.45) is 5.25. The van der Waals surface area contributed by atoms with E-state index in [-0.39, 0.29) is 24.0 Å². The Morgan fingerprint density at radius 1 is 1.47 bits per heavy atom. The number of halogens is 1. The Morgan fingerprint density at radius 2 is 2.21 bits per heavy atom. The zero-order valence-corrected chi connectivity index (χ0v) is 14.1. The van der Waals surface area contributed by atoms with Crippen LogP contribution in [0.15, 0.2) is 22.5 Å². The molecule has 1 aromatic rings. The first-order valence-electron chi connectivity index (χ1n) is 6.02. The van der Waals surface area contributed by atoms with Crippen molar-refractivity contribution in [1.82, 2.24) is 10.2 Å². The Balaban J connectivity index is 0.00000180. The zero-order valence-electron chi connectivity index (χ0n) is 11.0. The van der Waals surface area contributed by atoms with Crippen LogP contribution in [-0.4, -0.2) is 50.6 Å². The highest BCUT2D eigenvalue weighted by Crippen LogP contribution is 2.22. The van der Waals surface area contributed by atoms with E-state index in [4.69, 9.17) is 6.42 Å². The molecule has 0 aromatic carbocycles. The molecule has 0 amide bonds. The number of aliphatic imine (C=N–C) groups is 1. The molecular formula is C13H19IN4S. The second-order valence-corrected chi connectivity index (χ2v) is 4.96. The molecule has 1 N–H and O–H groups in total. The van der Waals surface area contributed by atoms with Crippen molar-refractivity contribution in [2.45, 2.75) is 0 Å². The zero-order chi connectivity index (χ0) is 12.8. The van der Waals surface area contributed by atoms with Crippen LogP contribution in [0.4, 0.5) is 5.00 Å². The summed E-state index contributed by atoms with van der Waals surface area (Å²) in [5, 5.41) is 6.63. The monoisotopic (exact) mass is 390 g/mol. The fourth-order valence-corrected chi connectivity index (χ4v) is 2.84. The topological polar surface area (TPSA) is 30.9 Å². The van der Waals surface area contributed by atoms with E-state index in [1.807, 2.05) is 0 Å². The second-order valence-electron chi connectivity index (χ2n) is 4.03. The number of hydrogen-bond donors (Lipinski definition) is 1. The van der Waals surface area contributed by atoms with E-state index in [9.17, 15) is 0 Å². The van der Waals surface area contributed by atoms with Gasteiger partial charge in [-0.2, -0.15) is 0 Å². The fourth-order valence-electron chi connectivity index (χ4n) is 2.05. The predicted molar refractivity (Wildman–Crippen MR) is 93.7 cm³/mol. The number of guanidine groups is 1. The Labute approximate surface area is 135 Å². The highest BCUT2D eigenvalue weighted by molar-refractivity contribution is 14.0. The van der Waals surface area contributed by atoms with Crippen LogP contribution in [0, 0.1) is 12.3 Å². The van der Waals surface area contributed by atoms with Crippen molar-refractivity contribution in [2.75, 3.05) is 44.7 Å². The van der Waals surface area contributed by atoms with Gasteiger partial charge in [-0.1, -0.05) is 5.92 Å². The lowest BCUT2D eigenvalue weighted by Gasteiger charge is -2.36. The van der Waals surface area contributed by atoms with Crippen LogP contribution in [0.3, 0.4) is 0 Å². The van der Waals surface area contributed by atoms with Crippen molar-refractivity contribution in [1.29, 1.82) is 0 Å². The fraction of sp³-hybridized carbons (Fsp3) is 0.462. The van der Waals surface area contributed by atoms with E-state index in [0.29, 0.717) is 6.54 Å². The van der Waals surface area contributed by atoms with Crippen LogP contribution < -0.4 is 10.2 Å². The number of thiophene rings is 1. The van der Waals surface area contributed by atoms with Gasteiger partial charge in [0, 0.05) is 33.2 Å². The third kappa shape index (κ3) is 4.28. The molecule has 6 heteroatoms. The predicted octanol–water partition coefficient (Wildman–Crippen LogP) is 1.70. The number of terminal acetylenes is 1. The van der Waals surface area contributed by atoms with Gasteiger partial charge in [-0.3, -0.25) is 4.99 Å². The van der Waals surface area contributed by atoms with Crippen LogP contribution in [0.1, 0.15) is 0 Å². The van der Waals surface area contributed by atoms with Gasteiger partial charge in [-0.25, -0.2) is 0 Å². The van der Waals surface area contributed by atoms with Gasteiger partial charge >= 0.3 is 0 Å². The van der Waals surface area contributed by atoms with Crippen LogP contribution >= 0.6 is 35.3 Å². The van der Waals surface area contributed by atoms with Crippen molar-refractivity contribution < 1.29 is 0 Å². The summed E-state index contributed by atoms with van der Waals surface area (Å²) in [5.74, 6) is 3.48. The van der Waals surface area contributed by atoms with Crippen LogP contribution in [0.5, 0.6) is 0 Å². The van der Waals surface area contributed by atoms with E-state index in [0.717, 1.165) is 32.1 Å². The molecule has 1 aromatic heterocycles. The van der Waals surface area contributed by atoms with E-state index < -0.39 is 0 Å². The largest absolute Gasteiger partial charge is 0.360 e. The maximum atomic E-state index is 5.25. The average molecular weight is 390 g/mol. The molecule has 2 rings (SSSR count). The maximum absolute atomic E-state index is 5.25. The van der Waals surface area contributed by atoms with Gasteiger partial charge in [0.2, 0.25) is 0 Å². The number of nitrogens with one attached hydrogen (secondary N) is 1. The van der Waals surface area contributed by atoms with Crippen molar-refractivity contribution >= 4 is 46.3 Å². The molecular weight excluding hydrogens is 371 g/mol. The maximum Gasteiger partial charge on any atom is 0.194 e. The first-order valence-corrected chi connectivity index (χ1v) is 6.90. The number of piperazine rings is 1. The van der Waals surface area contributed by atoms with Crippen LogP contribution in [0.25, 0.3) is 0 Å². The van der Waals surface area contributed by atoms with Gasteiger partial charge in [0.25, 0.3) is 0 Å². The minimum absolute atomic E-state index is 0. The molecule has 0 aliphatic carbocycles. The van der Waals surface area contributed by atoms with Crippen molar-refractivity contribution in [3.05, 3.63) is 17.5 Å². The molecule has 104 valence electrons. The standard InChI is InChI=1S/C13H18N4S.HI/c1-3-6-15-13(14-2)17-9-7-16(8-10-17)12-5-4-11-18-12;/h1,4-5,11H,6-10H2,2H3,(H,14,15);1H. The smallest absolute Gasteiger partial charge is 0.194 e. The Kier molecular flexibility index (Phi) is 7.02. The van der Waals surface area contributed by atoms with Gasteiger partial charge in [0.15, 0.2) is 5.96 Å². The molecule has 0 spiro atoms. The van der Waals surface area contributed by atoms with Gasteiger partial charge in [0.05, 0.1) is 11.5 Å². The molecule has 1 aliphatic heterocycles. The first-order chi connectivity index (χ1) is 8.85. The van der Waals surface area contributed by atoms with E-state index in [1.165, 1.54) is 5.00 Å². The summed E-state index contributed by atoms with van der Waals surface area (Å²) in [4.78, 5) is 8.92. The summed E-state index contributed by atoms with van der Waals surface area (Å²) in [7, 11) is 1.80. The Bertz CT molecular complexity index is 430. The first kappa shape index (κ1) is 16.1. The molecule has 1 aliphatic rings. The molecule has 4 nitrogen and oxygen atoms in total. The summed E-state index contributed by atoms with van der Waals surface area (Å²) in [6.45, 7) is 4.52. The van der Waals surface area contributed by atoms with Gasteiger partial charge in [-0.15, -0.1) is 41.7 Å². The van der Waals surface area contributed by atoms with Crippen molar-refractivity contribution in [2.24, 2.45) is 4.99 Å². The molecule has 0 bridgehead atoms. The molecule has 1 fully saturated rings. The minimum atomic E-state index is 0. The second kappa shape index (κ2) is 8.27. The number of rotatable bonds is 2. The van der Waals surface area contributed by atoms with Crippen LogP contribution in [-0.2, 0) is 0 Å². The van der Waals surface area contributed by atoms with E-state index in [2.05, 4.69) is 43.5 Å². The van der Waals surface area contributed by atoms with E-state index in [1.54, 1.807) is 18.4 Å². The molecule has 0 saturated carbocycles. The summed E-state index contributed by atoms with van der Waals surface area (Å²) in [5.41, 5.74) is 0. The summed E-state index contributed by atoms with van der Waals surface area (Å²) < 4.78 is 0. The Morgan fingerprint density at radius 3 is 2.74 bits per heavy atom. The average Bonchev–Trinajstić information content (AvgIpc) is 2.94. The number of nitrogens with zero attached hydrogens (tertiary/aromatic N) is 3. The van der Waals surface area contributed by atoms with Gasteiger partial charge < -0.3 is 15.1 Å². The quantitative estimate of drug-likeness (QED) is 0.361. The summed E-state index contributed by atoms with van der Waals surface area (Å²) in [6, 6.07) is 4.27. The normalized spacial score (nSPS) is 15.7. The molecule has 1 saturated heterocycles. The SMILES string of the molecule is C#CCNC(=NC)N1CCN(c2cccs2)CC1.I. The molecule has 2 heterocycles.